The van der Waals surface area contributed by atoms with Crippen LogP contribution in [0.1, 0.15) is 19.8 Å². The fourth-order valence-corrected chi connectivity index (χ4v) is 2.34. The summed E-state index contributed by atoms with van der Waals surface area (Å²) < 4.78 is 0. The Morgan fingerprint density at radius 1 is 1.19 bits per heavy atom. The minimum Gasteiger partial charge on any atom is -0.388 e. The van der Waals surface area contributed by atoms with Crippen molar-refractivity contribution >= 4 is 0 Å². The Hall–Kier alpha value is -0.160. The average Bonchev–Trinajstić information content (AvgIpc) is 3.05. The van der Waals surface area contributed by atoms with Crippen LogP contribution in [0.15, 0.2) is 0 Å². The molecule has 0 aromatic carbocycles. The molecule has 0 radical (unpaired) electrons. The van der Waals surface area contributed by atoms with E-state index in [4.69, 9.17) is 5.73 Å². The molecule has 4 heteroatoms. The third kappa shape index (κ3) is 3.70. The van der Waals surface area contributed by atoms with E-state index in [0.717, 1.165) is 32.1 Å². The molecule has 2 aliphatic rings. The van der Waals surface area contributed by atoms with Gasteiger partial charge >= 0.3 is 0 Å². The highest BCUT2D eigenvalue weighted by Gasteiger charge is 2.28. The van der Waals surface area contributed by atoms with Crippen LogP contribution in [0.5, 0.6) is 0 Å². The van der Waals surface area contributed by atoms with Crippen molar-refractivity contribution < 1.29 is 5.11 Å². The molecule has 0 aromatic rings. The van der Waals surface area contributed by atoms with Crippen molar-refractivity contribution in [3.8, 4) is 0 Å². The van der Waals surface area contributed by atoms with Gasteiger partial charge in [-0.05, 0) is 25.7 Å². The van der Waals surface area contributed by atoms with Crippen LogP contribution in [0.25, 0.3) is 0 Å². The van der Waals surface area contributed by atoms with Gasteiger partial charge < -0.3 is 15.7 Å². The second-order valence-electron chi connectivity index (χ2n) is 5.72. The first kappa shape index (κ1) is 12.3. The van der Waals surface area contributed by atoms with E-state index in [-0.39, 0.29) is 0 Å². The number of nitrogens with zero attached hydrogens (tertiary/aromatic N) is 2. The predicted molar refractivity (Wildman–Crippen MR) is 65.3 cm³/mol. The molecule has 1 aliphatic carbocycles. The van der Waals surface area contributed by atoms with E-state index in [1.54, 1.807) is 0 Å². The first-order valence-corrected chi connectivity index (χ1v) is 6.46. The largest absolute Gasteiger partial charge is 0.388 e. The van der Waals surface area contributed by atoms with E-state index in [1.807, 2.05) is 6.92 Å². The highest BCUT2D eigenvalue weighted by Crippen LogP contribution is 2.29. The first-order valence-electron chi connectivity index (χ1n) is 6.46. The van der Waals surface area contributed by atoms with E-state index in [0.29, 0.717) is 13.1 Å². The maximum Gasteiger partial charge on any atom is 0.0867 e. The summed E-state index contributed by atoms with van der Waals surface area (Å²) in [5.41, 5.74) is 4.81. The van der Waals surface area contributed by atoms with Crippen LogP contribution in [-0.2, 0) is 0 Å². The third-order valence-electron chi connectivity index (χ3n) is 3.68. The summed E-state index contributed by atoms with van der Waals surface area (Å²) in [6.45, 7) is 8.61. The molecule has 1 heterocycles. The molecule has 4 nitrogen and oxygen atoms in total. The molecule has 3 N–H and O–H groups in total. The Morgan fingerprint density at radius 2 is 1.75 bits per heavy atom. The fourth-order valence-electron chi connectivity index (χ4n) is 2.34. The summed E-state index contributed by atoms with van der Waals surface area (Å²) in [4.78, 5) is 4.89. The van der Waals surface area contributed by atoms with Gasteiger partial charge in [-0.2, -0.15) is 0 Å². The zero-order chi connectivity index (χ0) is 11.6. The number of hydrogen-bond donors (Lipinski definition) is 2. The summed E-state index contributed by atoms with van der Waals surface area (Å²) in [6.07, 6.45) is 2.87. The van der Waals surface area contributed by atoms with Gasteiger partial charge in [0.05, 0.1) is 5.60 Å². The molecule has 0 spiro atoms. The Balaban J connectivity index is 1.67. The second-order valence-corrected chi connectivity index (χ2v) is 5.72. The van der Waals surface area contributed by atoms with Crippen molar-refractivity contribution in [1.82, 2.24) is 9.80 Å². The van der Waals surface area contributed by atoms with Crippen LogP contribution >= 0.6 is 0 Å². The minimum absolute atomic E-state index is 0.343. The molecule has 1 saturated carbocycles. The van der Waals surface area contributed by atoms with Gasteiger partial charge in [-0.3, -0.25) is 4.90 Å². The van der Waals surface area contributed by atoms with Gasteiger partial charge in [-0.1, -0.05) is 0 Å². The fraction of sp³-hybridized carbons (Fsp3) is 1.00. The third-order valence-corrected chi connectivity index (χ3v) is 3.68. The standard InChI is InChI=1S/C12H25N3O/c1-12(16,9-13)10-15-6-4-14(5-7-15)8-11-2-3-11/h11,16H,2-10,13H2,1H3. The summed E-state index contributed by atoms with van der Waals surface area (Å²) in [5, 5.41) is 9.92. The molecule has 1 atom stereocenters. The van der Waals surface area contributed by atoms with Crippen molar-refractivity contribution in [3.05, 3.63) is 0 Å². The van der Waals surface area contributed by atoms with E-state index < -0.39 is 5.60 Å². The number of rotatable bonds is 5. The van der Waals surface area contributed by atoms with E-state index in [2.05, 4.69) is 9.80 Å². The van der Waals surface area contributed by atoms with Crippen LogP contribution in [0, 0.1) is 5.92 Å². The molecule has 0 aromatic heterocycles. The zero-order valence-electron chi connectivity index (χ0n) is 10.4. The number of aliphatic hydroxyl groups is 1. The van der Waals surface area contributed by atoms with Gasteiger partial charge in [-0.15, -0.1) is 0 Å². The van der Waals surface area contributed by atoms with Crippen LogP contribution in [0.3, 0.4) is 0 Å². The monoisotopic (exact) mass is 227 g/mol. The highest BCUT2D eigenvalue weighted by atomic mass is 16.3. The van der Waals surface area contributed by atoms with Gasteiger partial charge in [0.25, 0.3) is 0 Å². The Morgan fingerprint density at radius 3 is 2.25 bits per heavy atom. The number of hydrogen-bond acceptors (Lipinski definition) is 4. The van der Waals surface area contributed by atoms with Crippen LogP contribution in [0.2, 0.25) is 0 Å². The van der Waals surface area contributed by atoms with Crippen molar-refractivity contribution in [2.24, 2.45) is 11.7 Å². The van der Waals surface area contributed by atoms with Gasteiger partial charge in [0.2, 0.25) is 0 Å². The number of β-amino-alcohol motifs (C(OH)–C–C–N with tert-alkyl or cyclic N) is 1. The second kappa shape index (κ2) is 5.00. The van der Waals surface area contributed by atoms with Gasteiger partial charge in [0.1, 0.15) is 0 Å². The summed E-state index contributed by atoms with van der Waals surface area (Å²) in [5.74, 6) is 0.985. The first-order chi connectivity index (χ1) is 7.59. The highest BCUT2D eigenvalue weighted by molar-refractivity contribution is 4.84. The Labute approximate surface area is 98.4 Å². The molecule has 16 heavy (non-hydrogen) atoms. The average molecular weight is 227 g/mol. The summed E-state index contributed by atoms with van der Waals surface area (Å²) in [6, 6.07) is 0. The van der Waals surface area contributed by atoms with Gasteiger partial charge in [0, 0.05) is 45.8 Å². The molecule has 94 valence electrons. The van der Waals surface area contributed by atoms with Crippen molar-refractivity contribution in [2.75, 3.05) is 45.8 Å². The number of piperazine rings is 1. The van der Waals surface area contributed by atoms with Crippen LogP contribution in [0.4, 0.5) is 0 Å². The molecule has 0 bridgehead atoms. The maximum absolute atomic E-state index is 9.92. The molecule has 2 fully saturated rings. The lowest BCUT2D eigenvalue weighted by Crippen LogP contribution is -2.53. The minimum atomic E-state index is -0.724. The molecular weight excluding hydrogens is 202 g/mol. The SMILES string of the molecule is CC(O)(CN)CN1CCN(CC2CC2)CC1. The Bertz CT molecular complexity index is 220. The van der Waals surface area contributed by atoms with Crippen molar-refractivity contribution in [3.63, 3.8) is 0 Å². The number of nitrogens with two attached hydrogens (primary N) is 1. The maximum atomic E-state index is 9.92. The predicted octanol–water partition coefficient (Wildman–Crippen LogP) is -0.276. The van der Waals surface area contributed by atoms with Crippen molar-refractivity contribution in [1.29, 1.82) is 0 Å². The molecule has 1 saturated heterocycles. The quantitative estimate of drug-likeness (QED) is 0.678. The molecular formula is C12H25N3O. The van der Waals surface area contributed by atoms with Crippen molar-refractivity contribution in [2.45, 2.75) is 25.4 Å². The van der Waals surface area contributed by atoms with E-state index in [9.17, 15) is 5.11 Å². The van der Waals surface area contributed by atoms with Crippen LogP contribution < -0.4 is 5.73 Å². The normalized spacial score (nSPS) is 27.9. The lowest BCUT2D eigenvalue weighted by Gasteiger charge is -2.38. The molecule has 1 unspecified atom stereocenters. The van der Waals surface area contributed by atoms with E-state index in [1.165, 1.54) is 19.4 Å². The summed E-state index contributed by atoms with van der Waals surface area (Å²) >= 11 is 0. The lowest BCUT2D eigenvalue weighted by atomic mass is 10.1. The zero-order valence-corrected chi connectivity index (χ0v) is 10.4. The summed E-state index contributed by atoms with van der Waals surface area (Å²) in [7, 11) is 0. The molecule has 1 aliphatic heterocycles. The van der Waals surface area contributed by atoms with Gasteiger partial charge in [0.15, 0.2) is 0 Å². The van der Waals surface area contributed by atoms with Crippen LogP contribution in [-0.4, -0.2) is 66.3 Å². The lowest BCUT2D eigenvalue weighted by molar-refractivity contribution is 0.0101. The molecule has 0 amide bonds. The molecule has 2 rings (SSSR count). The smallest absolute Gasteiger partial charge is 0.0867 e. The topological polar surface area (TPSA) is 52.7 Å². The van der Waals surface area contributed by atoms with Gasteiger partial charge in [-0.25, -0.2) is 0 Å². The van der Waals surface area contributed by atoms with E-state index >= 15 is 0 Å². The Kier molecular flexibility index (Phi) is 3.85.